The van der Waals surface area contributed by atoms with Gasteiger partial charge in [0.25, 0.3) is 5.89 Å². The lowest BCUT2D eigenvalue weighted by Gasteiger charge is -2.00. The number of hydrogen-bond donors (Lipinski definition) is 0. The van der Waals surface area contributed by atoms with Gasteiger partial charge in [-0.2, -0.15) is 0 Å². The number of carbonyl (C=O) groups excluding carboxylic acids is 1. The van der Waals surface area contributed by atoms with Crippen molar-refractivity contribution in [3.8, 4) is 5.75 Å². The number of nitrogens with zero attached hydrogens (tertiary/aromatic N) is 1. The second-order valence-corrected chi connectivity index (χ2v) is 2.89. The molecular weight excluding hydrogens is 194 g/mol. The first-order chi connectivity index (χ1) is 7.31. The van der Waals surface area contributed by atoms with Gasteiger partial charge in [-0.15, -0.1) is 0 Å². The van der Waals surface area contributed by atoms with Crippen molar-refractivity contribution in [2.45, 2.75) is 0 Å². The molecule has 0 atom stereocenters. The van der Waals surface area contributed by atoms with Crippen molar-refractivity contribution in [1.82, 2.24) is 4.98 Å². The van der Waals surface area contributed by atoms with Crippen molar-refractivity contribution in [3.63, 3.8) is 0 Å². The lowest BCUT2D eigenvalue weighted by atomic mass is 10.1. The molecule has 0 radical (unpaired) electrons. The Morgan fingerprint density at radius 1 is 1.33 bits per heavy atom. The van der Waals surface area contributed by atoms with Crippen LogP contribution in [0.15, 0.2) is 41.1 Å². The quantitative estimate of drug-likeness (QED) is 0.715. The van der Waals surface area contributed by atoms with Gasteiger partial charge in [0.05, 0.1) is 13.3 Å². The van der Waals surface area contributed by atoms with Crippen LogP contribution in [0.4, 0.5) is 0 Å². The van der Waals surface area contributed by atoms with Crippen LogP contribution in [-0.4, -0.2) is 17.9 Å². The van der Waals surface area contributed by atoms with E-state index in [-0.39, 0.29) is 11.7 Å². The molecule has 0 aliphatic heterocycles. The average Bonchev–Trinajstić information content (AvgIpc) is 2.82. The van der Waals surface area contributed by atoms with Crippen molar-refractivity contribution < 1.29 is 13.9 Å². The fraction of sp³-hybridized carbons (Fsp3) is 0.0909. The number of ether oxygens (including phenoxy) is 1. The van der Waals surface area contributed by atoms with Gasteiger partial charge in [0.2, 0.25) is 5.78 Å². The van der Waals surface area contributed by atoms with Crippen molar-refractivity contribution in [1.29, 1.82) is 0 Å². The SMILES string of the molecule is COc1ccc(C(=O)c2ncco2)cc1. The molecule has 0 N–H and O–H groups in total. The lowest BCUT2D eigenvalue weighted by molar-refractivity contribution is 0.100. The fourth-order valence-electron chi connectivity index (χ4n) is 1.20. The second-order valence-electron chi connectivity index (χ2n) is 2.89. The Balaban J connectivity index is 2.27. The smallest absolute Gasteiger partial charge is 0.268 e. The van der Waals surface area contributed by atoms with Crippen LogP contribution in [0.5, 0.6) is 5.75 Å². The van der Waals surface area contributed by atoms with Gasteiger partial charge in [-0.1, -0.05) is 0 Å². The Morgan fingerprint density at radius 3 is 2.60 bits per heavy atom. The van der Waals surface area contributed by atoms with Crippen molar-refractivity contribution in [3.05, 3.63) is 48.2 Å². The highest BCUT2D eigenvalue weighted by Crippen LogP contribution is 2.13. The number of methoxy groups -OCH3 is 1. The Labute approximate surface area is 86.5 Å². The molecule has 0 fully saturated rings. The van der Waals surface area contributed by atoms with E-state index in [2.05, 4.69) is 4.98 Å². The van der Waals surface area contributed by atoms with Crippen LogP contribution in [-0.2, 0) is 0 Å². The molecule has 2 aromatic rings. The molecule has 0 aliphatic carbocycles. The highest BCUT2D eigenvalue weighted by molar-refractivity contribution is 6.05. The first-order valence-electron chi connectivity index (χ1n) is 4.39. The van der Waals surface area contributed by atoms with Crippen molar-refractivity contribution in [2.24, 2.45) is 0 Å². The summed E-state index contributed by atoms with van der Waals surface area (Å²) in [4.78, 5) is 15.5. The zero-order chi connectivity index (χ0) is 10.7. The van der Waals surface area contributed by atoms with Gasteiger partial charge in [-0.05, 0) is 24.3 Å². The maximum Gasteiger partial charge on any atom is 0.268 e. The lowest BCUT2D eigenvalue weighted by Crippen LogP contribution is -2.01. The third-order valence-corrected chi connectivity index (χ3v) is 1.98. The number of rotatable bonds is 3. The van der Waals surface area contributed by atoms with Crippen LogP contribution in [0.25, 0.3) is 0 Å². The summed E-state index contributed by atoms with van der Waals surface area (Å²) >= 11 is 0. The van der Waals surface area contributed by atoms with E-state index in [4.69, 9.17) is 9.15 Å². The molecule has 1 heterocycles. The molecule has 76 valence electrons. The van der Waals surface area contributed by atoms with Gasteiger partial charge >= 0.3 is 0 Å². The number of benzene rings is 1. The molecule has 0 bridgehead atoms. The summed E-state index contributed by atoms with van der Waals surface area (Å²) in [7, 11) is 1.57. The molecule has 2 rings (SSSR count). The van der Waals surface area contributed by atoms with Crippen LogP contribution in [0, 0.1) is 0 Å². The van der Waals surface area contributed by atoms with E-state index in [0.29, 0.717) is 11.3 Å². The number of aromatic nitrogens is 1. The summed E-state index contributed by atoms with van der Waals surface area (Å²) in [6.45, 7) is 0. The maximum absolute atomic E-state index is 11.7. The number of carbonyl (C=O) groups is 1. The van der Waals surface area contributed by atoms with Crippen molar-refractivity contribution >= 4 is 5.78 Å². The molecule has 0 saturated heterocycles. The minimum absolute atomic E-state index is 0.0974. The molecule has 1 aromatic heterocycles. The second kappa shape index (κ2) is 3.96. The Kier molecular flexibility index (Phi) is 2.49. The van der Waals surface area contributed by atoms with E-state index in [9.17, 15) is 4.79 Å². The summed E-state index contributed by atoms with van der Waals surface area (Å²) in [5, 5.41) is 0. The van der Waals surface area contributed by atoms with Gasteiger partial charge in [0.1, 0.15) is 12.0 Å². The molecule has 0 spiro atoms. The maximum atomic E-state index is 11.7. The summed E-state index contributed by atoms with van der Waals surface area (Å²) in [6.07, 6.45) is 2.81. The van der Waals surface area contributed by atoms with Crippen LogP contribution in [0.1, 0.15) is 16.2 Å². The zero-order valence-corrected chi connectivity index (χ0v) is 8.14. The number of ketones is 1. The minimum Gasteiger partial charge on any atom is -0.497 e. The summed E-state index contributed by atoms with van der Waals surface area (Å²) < 4.78 is 9.90. The molecule has 4 heteroatoms. The third kappa shape index (κ3) is 1.88. The third-order valence-electron chi connectivity index (χ3n) is 1.98. The topological polar surface area (TPSA) is 52.3 Å². The Hall–Kier alpha value is -2.10. The van der Waals surface area contributed by atoms with E-state index in [1.165, 1.54) is 12.5 Å². The number of oxazole rings is 1. The summed E-state index contributed by atoms with van der Waals surface area (Å²) in [6, 6.07) is 6.78. The molecule has 15 heavy (non-hydrogen) atoms. The predicted molar refractivity (Wildman–Crippen MR) is 52.9 cm³/mol. The van der Waals surface area contributed by atoms with Crippen molar-refractivity contribution in [2.75, 3.05) is 7.11 Å². The van der Waals surface area contributed by atoms with E-state index in [0.717, 1.165) is 0 Å². The van der Waals surface area contributed by atoms with Crippen LogP contribution in [0.3, 0.4) is 0 Å². The molecule has 4 nitrogen and oxygen atoms in total. The summed E-state index contributed by atoms with van der Waals surface area (Å²) in [5.74, 6) is 0.571. The molecule has 1 aromatic carbocycles. The molecule has 0 saturated carbocycles. The van der Waals surface area contributed by atoms with E-state index in [1.807, 2.05) is 0 Å². The zero-order valence-electron chi connectivity index (χ0n) is 8.14. The van der Waals surface area contributed by atoms with E-state index >= 15 is 0 Å². The summed E-state index contributed by atoms with van der Waals surface area (Å²) in [5.41, 5.74) is 0.526. The standard InChI is InChI=1S/C11H9NO3/c1-14-9-4-2-8(3-5-9)10(13)11-12-6-7-15-11/h2-7H,1H3. The van der Waals surface area contributed by atoms with Crippen LogP contribution < -0.4 is 4.74 Å². The molecule has 0 aliphatic rings. The highest BCUT2D eigenvalue weighted by atomic mass is 16.5. The minimum atomic E-state index is -0.234. The first-order valence-corrected chi connectivity index (χ1v) is 4.39. The Bertz CT molecular complexity index is 445. The normalized spacial score (nSPS) is 9.93. The Morgan fingerprint density at radius 2 is 2.07 bits per heavy atom. The molecule has 0 amide bonds. The van der Waals surface area contributed by atoms with Gasteiger partial charge in [-0.25, -0.2) is 4.98 Å². The van der Waals surface area contributed by atoms with Gasteiger partial charge in [0, 0.05) is 5.56 Å². The number of hydrogen-bond acceptors (Lipinski definition) is 4. The van der Waals surface area contributed by atoms with E-state index < -0.39 is 0 Å². The monoisotopic (exact) mass is 203 g/mol. The van der Waals surface area contributed by atoms with Gasteiger partial charge in [-0.3, -0.25) is 4.79 Å². The molecule has 0 unspecified atom stereocenters. The largest absolute Gasteiger partial charge is 0.497 e. The highest BCUT2D eigenvalue weighted by Gasteiger charge is 2.12. The average molecular weight is 203 g/mol. The van der Waals surface area contributed by atoms with Crippen LogP contribution in [0.2, 0.25) is 0 Å². The van der Waals surface area contributed by atoms with Crippen LogP contribution >= 0.6 is 0 Å². The fourth-order valence-corrected chi connectivity index (χ4v) is 1.20. The molecular formula is C11H9NO3. The van der Waals surface area contributed by atoms with E-state index in [1.54, 1.807) is 31.4 Å². The van der Waals surface area contributed by atoms with Gasteiger partial charge < -0.3 is 9.15 Å². The predicted octanol–water partition coefficient (Wildman–Crippen LogP) is 1.91. The first kappa shape index (κ1) is 9.45. The van der Waals surface area contributed by atoms with Gasteiger partial charge in [0.15, 0.2) is 0 Å².